The third-order valence-electron chi connectivity index (χ3n) is 3.60. The van der Waals surface area contributed by atoms with Gasteiger partial charge in [0.1, 0.15) is 5.82 Å². The molecule has 1 saturated heterocycles. The highest BCUT2D eigenvalue weighted by Gasteiger charge is 2.21. The zero-order valence-electron chi connectivity index (χ0n) is 11.8. The van der Waals surface area contributed by atoms with Gasteiger partial charge < -0.3 is 14.9 Å². The Balaban J connectivity index is 2.10. The Kier molecular flexibility index (Phi) is 4.04. The van der Waals surface area contributed by atoms with Gasteiger partial charge in [0.15, 0.2) is 0 Å². The monoisotopic (exact) mass is 263 g/mol. The summed E-state index contributed by atoms with van der Waals surface area (Å²) in [5.74, 6) is 0.471. The van der Waals surface area contributed by atoms with E-state index in [9.17, 15) is 4.79 Å². The van der Waals surface area contributed by atoms with Crippen molar-refractivity contribution in [2.45, 2.75) is 13.3 Å². The van der Waals surface area contributed by atoms with Crippen LogP contribution < -0.4 is 4.90 Å². The lowest BCUT2D eigenvalue weighted by molar-refractivity contribution is 0.0696. The average molecular weight is 263 g/mol. The van der Waals surface area contributed by atoms with Crippen molar-refractivity contribution in [3.63, 3.8) is 0 Å². The second-order valence-electron chi connectivity index (χ2n) is 5.46. The van der Waals surface area contributed by atoms with Gasteiger partial charge in [-0.1, -0.05) is 0 Å². The molecular weight excluding hydrogens is 242 g/mol. The molecule has 1 aromatic heterocycles. The molecule has 0 saturated carbocycles. The summed E-state index contributed by atoms with van der Waals surface area (Å²) in [6.07, 6.45) is 1.19. The van der Waals surface area contributed by atoms with Crippen molar-refractivity contribution >= 4 is 11.8 Å². The van der Waals surface area contributed by atoms with E-state index in [4.69, 9.17) is 5.11 Å². The van der Waals surface area contributed by atoms with Crippen LogP contribution in [0.25, 0.3) is 0 Å². The van der Waals surface area contributed by atoms with Crippen molar-refractivity contribution in [1.82, 2.24) is 9.88 Å². The first-order valence-corrected chi connectivity index (χ1v) is 6.57. The maximum absolute atomic E-state index is 11.1. The number of rotatable bonds is 4. The van der Waals surface area contributed by atoms with Crippen molar-refractivity contribution < 1.29 is 9.90 Å². The molecule has 0 bridgehead atoms. The Morgan fingerprint density at radius 2 is 2.32 bits per heavy atom. The van der Waals surface area contributed by atoms with Crippen LogP contribution in [0.1, 0.15) is 22.5 Å². The summed E-state index contributed by atoms with van der Waals surface area (Å²) in [5.41, 5.74) is 1.04. The van der Waals surface area contributed by atoms with Gasteiger partial charge in [0, 0.05) is 25.8 Å². The number of pyridine rings is 1. The van der Waals surface area contributed by atoms with Crippen molar-refractivity contribution in [3.05, 3.63) is 23.4 Å². The maximum atomic E-state index is 11.1. The molecule has 0 radical (unpaired) electrons. The second kappa shape index (κ2) is 5.57. The highest BCUT2D eigenvalue weighted by molar-refractivity contribution is 5.88. The molecule has 1 N–H and O–H groups in total. The molecule has 1 aliphatic heterocycles. The van der Waals surface area contributed by atoms with Crippen LogP contribution in [0.5, 0.6) is 0 Å². The van der Waals surface area contributed by atoms with Crippen molar-refractivity contribution in [3.8, 4) is 0 Å². The van der Waals surface area contributed by atoms with Crippen LogP contribution in [-0.4, -0.2) is 54.7 Å². The molecule has 1 fully saturated rings. The molecule has 0 aliphatic carbocycles. The molecule has 1 aromatic rings. The normalized spacial score (nSPS) is 19.6. The number of nitrogens with zero attached hydrogens (tertiary/aromatic N) is 3. The highest BCUT2D eigenvalue weighted by atomic mass is 16.4. The largest absolute Gasteiger partial charge is 0.478 e. The Labute approximate surface area is 113 Å². The van der Waals surface area contributed by atoms with Crippen LogP contribution in [0.2, 0.25) is 0 Å². The minimum Gasteiger partial charge on any atom is -0.478 e. The molecule has 1 aliphatic rings. The molecule has 0 amide bonds. The van der Waals surface area contributed by atoms with Crippen molar-refractivity contribution in [2.75, 3.05) is 38.6 Å². The molecule has 2 rings (SSSR count). The number of carboxylic acid groups (broad SMARTS) is 1. The molecule has 19 heavy (non-hydrogen) atoms. The third-order valence-corrected chi connectivity index (χ3v) is 3.60. The fourth-order valence-electron chi connectivity index (χ4n) is 2.63. The Hall–Kier alpha value is -1.62. The van der Waals surface area contributed by atoms with Crippen molar-refractivity contribution in [2.24, 2.45) is 5.92 Å². The topological polar surface area (TPSA) is 56.7 Å². The van der Waals surface area contributed by atoms with E-state index in [-0.39, 0.29) is 0 Å². The molecular formula is C14H21N3O2. The molecule has 1 atom stereocenters. The van der Waals surface area contributed by atoms with Crippen molar-refractivity contribution in [1.29, 1.82) is 0 Å². The lowest BCUT2D eigenvalue weighted by Gasteiger charge is -2.22. The van der Waals surface area contributed by atoms with Gasteiger partial charge in [-0.2, -0.15) is 0 Å². The molecule has 5 nitrogen and oxygen atoms in total. The SMILES string of the molecule is Cc1cc(C(=O)O)cc(N(C)CC2CCN(C)C2)n1. The van der Waals surface area contributed by atoms with Crippen LogP contribution in [-0.2, 0) is 0 Å². The number of carboxylic acids is 1. The highest BCUT2D eigenvalue weighted by Crippen LogP contribution is 2.19. The van der Waals surface area contributed by atoms with E-state index >= 15 is 0 Å². The predicted octanol–water partition coefficient (Wildman–Crippen LogP) is 1.48. The molecule has 1 unspecified atom stereocenters. The summed E-state index contributed by atoms with van der Waals surface area (Å²) in [7, 11) is 4.11. The number of carbonyl (C=O) groups is 1. The summed E-state index contributed by atoms with van der Waals surface area (Å²) in [6, 6.07) is 3.25. The summed E-state index contributed by atoms with van der Waals surface area (Å²) in [5, 5.41) is 9.08. The van der Waals surface area contributed by atoms with E-state index in [0.29, 0.717) is 11.5 Å². The van der Waals surface area contributed by atoms with E-state index in [1.165, 1.54) is 6.42 Å². The summed E-state index contributed by atoms with van der Waals surface area (Å²) in [4.78, 5) is 19.9. The Morgan fingerprint density at radius 1 is 1.58 bits per heavy atom. The average Bonchev–Trinajstić information content (AvgIpc) is 2.73. The molecule has 5 heteroatoms. The van der Waals surface area contributed by atoms with Crippen LogP contribution in [0.15, 0.2) is 12.1 Å². The number of aryl methyl sites for hydroxylation is 1. The summed E-state index contributed by atoms with van der Waals surface area (Å²) < 4.78 is 0. The zero-order chi connectivity index (χ0) is 14.0. The molecule has 0 aromatic carbocycles. The van der Waals surface area contributed by atoms with Crippen LogP contribution in [0.3, 0.4) is 0 Å². The molecule has 104 valence electrons. The van der Waals surface area contributed by atoms with Gasteiger partial charge in [-0.05, 0) is 45.0 Å². The number of hydrogen-bond donors (Lipinski definition) is 1. The molecule has 0 spiro atoms. The Bertz CT molecular complexity index is 476. The number of aromatic carboxylic acids is 1. The minimum absolute atomic E-state index is 0.304. The van der Waals surface area contributed by atoms with Gasteiger partial charge in [-0.25, -0.2) is 9.78 Å². The molecule has 2 heterocycles. The van der Waals surface area contributed by atoms with E-state index in [0.717, 1.165) is 31.1 Å². The first kappa shape index (κ1) is 13.8. The third kappa shape index (κ3) is 3.44. The number of hydrogen-bond acceptors (Lipinski definition) is 4. The standard InChI is InChI=1S/C14H21N3O2/c1-10-6-12(14(18)19)7-13(15-10)17(3)9-11-4-5-16(2)8-11/h6-7,11H,4-5,8-9H2,1-3H3,(H,18,19). The summed E-state index contributed by atoms with van der Waals surface area (Å²) in [6.45, 7) is 4.98. The quantitative estimate of drug-likeness (QED) is 0.891. The van der Waals surface area contributed by atoms with Crippen LogP contribution >= 0.6 is 0 Å². The van der Waals surface area contributed by atoms with Crippen LogP contribution in [0, 0.1) is 12.8 Å². The first-order valence-electron chi connectivity index (χ1n) is 6.57. The van der Waals surface area contributed by atoms with E-state index in [2.05, 4.69) is 21.8 Å². The zero-order valence-corrected chi connectivity index (χ0v) is 11.8. The van der Waals surface area contributed by atoms with Gasteiger partial charge in [0.25, 0.3) is 0 Å². The fraction of sp³-hybridized carbons (Fsp3) is 0.571. The number of aromatic nitrogens is 1. The minimum atomic E-state index is -0.902. The maximum Gasteiger partial charge on any atom is 0.335 e. The van der Waals surface area contributed by atoms with Crippen LogP contribution in [0.4, 0.5) is 5.82 Å². The number of likely N-dealkylation sites (tertiary alicyclic amines) is 1. The number of anilines is 1. The van der Waals surface area contributed by atoms with Gasteiger partial charge >= 0.3 is 5.97 Å². The van der Waals surface area contributed by atoms with E-state index < -0.39 is 5.97 Å². The smallest absolute Gasteiger partial charge is 0.335 e. The predicted molar refractivity (Wildman–Crippen MR) is 74.8 cm³/mol. The fourth-order valence-corrected chi connectivity index (χ4v) is 2.63. The first-order chi connectivity index (χ1) is 8.95. The summed E-state index contributed by atoms with van der Waals surface area (Å²) >= 11 is 0. The lowest BCUT2D eigenvalue weighted by Crippen LogP contribution is -2.28. The van der Waals surface area contributed by atoms with Gasteiger partial charge in [0.05, 0.1) is 5.56 Å². The lowest BCUT2D eigenvalue weighted by atomic mass is 10.1. The van der Waals surface area contributed by atoms with Gasteiger partial charge in [0.2, 0.25) is 0 Å². The van der Waals surface area contributed by atoms with E-state index in [1.807, 2.05) is 14.0 Å². The van der Waals surface area contributed by atoms with Gasteiger partial charge in [-0.15, -0.1) is 0 Å². The van der Waals surface area contributed by atoms with Gasteiger partial charge in [-0.3, -0.25) is 0 Å². The second-order valence-corrected chi connectivity index (χ2v) is 5.46. The Morgan fingerprint density at radius 3 is 2.89 bits per heavy atom. The van der Waals surface area contributed by atoms with E-state index in [1.54, 1.807) is 12.1 Å².